The van der Waals surface area contributed by atoms with E-state index in [-0.39, 0.29) is 6.10 Å². The third-order valence-corrected chi connectivity index (χ3v) is 2.55. The van der Waals surface area contributed by atoms with Gasteiger partial charge in [-0.2, -0.15) is 0 Å². The van der Waals surface area contributed by atoms with Gasteiger partial charge in [-0.1, -0.05) is 0 Å². The molecule has 0 aromatic carbocycles. The van der Waals surface area contributed by atoms with Gasteiger partial charge < -0.3 is 15.2 Å². The molecule has 0 amide bonds. The highest BCUT2D eigenvalue weighted by atomic mass is 79.9. The van der Waals surface area contributed by atoms with E-state index in [9.17, 15) is 0 Å². The molecule has 0 bridgehead atoms. The summed E-state index contributed by atoms with van der Waals surface area (Å²) in [6, 6.07) is 1.92. The highest BCUT2D eigenvalue weighted by molar-refractivity contribution is 9.10. The second-order valence-corrected chi connectivity index (χ2v) is 3.97. The van der Waals surface area contributed by atoms with E-state index >= 15 is 0 Å². The monoisotopic (exact) mass is 258 g/mol. The van der Waals surface area contributed by atoms with Crippen molar-refractivity contribution in [3.05, 3.63) is 22.3 Å². The van der Waals surface area contributed by atoms with E-state index in [0.29, 0.717) is 25.6 Å². The molecule has 0 saturated carbocycles. The van der Waals surface area contributed by atoms with Crippen molar-refractivity contribution in [3.8, 4) is 5.88 Å². The van der Waals surface area contributed by atoms with Crippen molar-refractivity contribution >= 4 is 15.9 Å². The summed E-state index contributed by atoms with van der Waals surface area (Å²) in [5.74, 6) is 0.607. The number of hydrogen-bond acceptors (Lipinski definition) is 4. The Labute approximate surface area is 90.5 Å². The van der Waals surface area contributed by atoms with Crippen molar-refractivity contribution < 1.29 is 9.47 Å². The van der Waals surface area contributed by atoms with Crippen LogP contribution >= 0.6 is 15.9 Å². The number of ether oxygens (including phenoxy) is 2. The third kappa shape index (κ3) is 2.05. The summed E-state index contributed by atoms with van der Waals surface area (Å²) >= 11 is 3.39. The Kier molecular flexibility index (Phi) is 3.00. The molecule has 2 heterocycles. The average molecular weight is 259 g/mol. The first kappa shape index (κ1) is 9.89. The number of hydrogen-bond donors (Lipinski definition) is 1. The van der Waals surface area contributed by atoms with Crippen LogP contribution in [0.3, 0.4) is 0 Å². The minimum absolute atomic E-state index is 0.141. The van der Waals surface area contributed by atoms with Crippen molar-refractivity contribution in [1.82, 2.24) is 4.98 Å². The molecule has 0 aliphatic carbocycles. The minimum Gasteiger partial charge on any atom is -0.469 e. The van der Waals surface area contributed by atoms with E-state index < -0.39 is 0 Å². The third-order valence-electron chi connectivity index (χ3n) is 1.99. The summed E-state index contributed by atoms with van der Waals surface area (Å²) in [6.45, 7) is 1.78. The molecule has 2 N–H and O–H groups in total. The van der Waals surface area contributed by atoms with Crippen LogP contribution in [0.4, 0.5) is 0 Å². The first-order chi connectivity index (χ1) is 6.79. The number of aromatic nitrogens is 1. The normalized spacial score (nSPS) is 16.4. The molecular formula is C9H11BrN2O2. The van der Waals surface area contributed by atoms with Crippen molar-refractivity contribution in [2.45, 2.75) is 12.6 Å². The van der Waals surface area contributed by atoms with E-state index in [1.54, 1.807) is 6.20 Å². The topological polar surface area (TPSA) is 57.4 Å². The number of nitrogens with zero attached hydrogens (tertiary/aromatic N) is 1. The fourth-order valence-corrected chi connectivity index (χ4v) is 1.59. The molecule has 0 unspecified atom stereocenters. The van der Waals surface area contributed by atoms with Gasteiger partial charge in [-0.05, 0) is 27.6 Å². The van der Waals surface area contributed by atoms with E-state index in [4.69, 9.17) is 15.2 Å². The fraction of sp³-hybridized carbons (Fsp3) is 0.444. The molecule has 1 aliphatic heterocycles. The Morgan fingerprint density at radius 3 is 2.93 bits per heavy atom. The van der Waals surface area contributed by atoms with Crippen LogP contribution in [0.2, 0.25) is 0 Å². The SMILES string of the molecule is NCc1cnc(OC2COC2)c(Br)c1. The number of halogens is 1. The van der Waals surface area contributed by atoms with E-state index in [1.165, 1.54) is 0 Å². The molecule has 0 spiro atoms. The molecule has 1 aliphatic rings. The van der Waals surface area contributed by atoms with Gasteiger partial charge >= 0.3 is 0 Å². The number of rotatable bonds is 3. The summed E-state index contributed by atoms with van der Waals surface area (Å²) in [5.41, 5.74) is 6.47. The van der Waals surface area contributed by atoms with Crippen LogP contribution in [-0.4, -0.2) is 24.3 Å². The smallest absolute Gasteiger partial charge is 0.228 e. The zero-order valence-corrected chi connectivity index (χ0v) is 9.16. The van der Waals surface area contributed by atoms with E-state index in [1.807, 2.05) is 6.07 Å². The molecule has 1 fully saturated rings. The average Bonchev–Trinajstić information content (AvgIpc) is 2.13. The number of pyridine rings is 1. The molecule has 0 atom stereocenters. The highest BCUT2D eigenvalue weighted by Gasteiger charge is 2.21. The summed E-state index contributed by atoms with van der Waals surface area (Å²) in [5, 5.41) is 0. The van der Waals surface area contributed by atoms with Gasteiger partial charge in [0, 0.05) is 12.7 Å². The molecule has 1 aromatic rings. The predicted molar refractivity (Wildman–Crippen MR) is 55.1 cm³/mol. The molecule has 1 saturated heterocycles. The molecule has 0 radical (unpaired) electrons. The molecule has 4 nitrogen and oxygen atoms in total. The maximum Gasteiger partial charge on any atom is 0.228 e. The molecule has 76 valence electrons. The van der Waals surface area contributed by atoms with Gasteiger partial charge in [0.15, 0.2) is 0 Å². The number of nitrogens with two attached hydrogens (primary N) is 1. The van der Waals surface area contributed by atoms with Gasteiger partial charge in [-0.25, -0.2) is 4.98 Å². The van der Waals surface area contributed by atoms with E-state index in [2.05, 4.69) is 20.9 Å². The second kappa shape index (κ2) is 4.25. The lowest BCUT2D eigenvalue weighted by molar-refractivity contribution is -0.0816. The zero-order chi connectivity index (χ0) is 9.97. The summed E-state index contributed by atoms with van der Waals surface area (Å²) in [4.78, 5) is 4.17. The molecule has 1 aromatic heterocycles. The van der Waals surface area contributed by atoms with Gasteiger partial charge in [-0.3, -0.25) is 0 Å². The maximum absolute atomic E-state index is 5.56. The van der Waals surface area contributed by atoms with E-state index in [0.717, 1.165) is 10.0 Å². The molecule has 5 heteroatoms. The lowest BCUT2D eigenvalue weighted by Crippen LogP contribution is -2.38. The Morgan fingerprint density at radius 1 is 1.64 bits per heavy atom. The van der Waals surface area contributed by atoms with Crippen LogP contribution in [-0.2, 0) is 11.3 Å². The first-order valence-electron chi connectivity index (χ1n) is 4.38. The Balaban J connectivity index is 2.09. The van der Waals surface area contributed by atoms with Crippen molar-refractivity contribution in [2.75, 3.05) is 13.2 Å². The highest BCUT2D eigenvalue weighted by Crippen LogP contribution is 2.25. The minimum atomic E-state index is 0.141. The summed E-state index contributed by atoms with van der Waals surface area (Å²) in [7, 11) is 0. The Hall–Kier alpha value is -0.650. The van der Waals surface area contributed by atoms with Crippen molar-refractivity contribution in [1.29, 1.82) is 0 Å². The van der Waals surface area contributed by atoms with Crippen molar-refractivity contribution in [2.24, 2.45) is 5.73 Å². The van der Waals surface area contributed by atoms with Crippen LogP contribution in [0.1, 0.15) is 5.56 Å². The molecule has 14 heavy (non-hydrogen) atoms. The van der Waals surface area contributed by atoms with Crippen LogP contribution in [0, 0.1) is 0 Å². The van der Waals surface area contributed by atoms with Gasteiger partial charge in [-0.15, -0.1) is 0 Å². The molecule has 2 rings (SSSR count). The zero-order valence-electron chi connectivity index (χ0n) is 7.57. The Bertz CT molecular complexity index is 329. The standard InChI is InChI=1S/C9H11BrN2O2/c10-8-1-6(2-11)3-12-9(8)14-7-4-13-5-7/h1,3,7H,2,4-5,11H2. The van der Waals surface area contributed by atoms with Crippen LogP contribution in [0.25, 0.3) is 0 Å². The van der Waals surface area contributed by atoms with Crippen molar-refractivity contribution in [3.63, 3.8) is 0 Å². The summed E-state index contributed by atoms with van der Waals surface area (Å²) < 4.78 is 11.4. The Morgan fingerprint density at radius 2 is 2.43 bits per heavy atom. The quantitative estimate of drug-likeness (QED) is 0.882. The lowest BCUT2D eigenvalue weighted by Gasteiger charge is -2.26. The lowest BCUT2D eigenvalue weighted by atomic mass is 10.3. The maximum atomic E-state index is 5.56. The van der Waals surface area contributed by atoms with Gasteiger partial charge in [0.2, 0.25) is 5.88 Å². The molecular weight excluding hydrogens is 248 g/mol. The van der Waals surface area contributed by atoms with Crippen LogP contribution in [0.5, 0.6) is 5.88 Å². The first-order valence-corrected chi connectivity index (χ1v) is 5.18. The largest absolute Gasteiger partial charge is 0.469 e. The van der Waals surface area contributed by atoms with Crippen LogP contribution in [0.15, 0.2) is 16.7 Å². The van der Waals surface area contributed by atoms with Crippen LogP contribution < -0.4 is 10.5 Å². The predicted octanol–water partition coefficient (Wildman–Crippen LogP) is 1.08. The second-order valence-electron chi connectivity index (χ2n) is 3.11. The van der Waals surface area contributed by atoms with Gasteiger partial charge in [0.25, 0.3) is 0 Å². The van der Waals surface area contributed by atoms with Gasteiger partial charge in [0.1, 0.15) is 6.10 Å². The fourth-order valence-electron chi connectivity index (χ4n) is 1.10. The van der Waals surface area contributed by atoms with Gasteiger partial charge in [0.05, 0.1) is 17.7 Å². The summed E-state index contributed by atoms with van der Waals surface area (Å²) in [6.07, 6.45) is 1.86.